The second kappa shape index (κ2) is 7.50. The van der Waals surface area contributed by atoms with Gasteiger partial charge in [0.15, 0.2) is 0 Å². The van der Waals surface area contributed by atoms with E-state index in [1.54, 1.807) is 14.2 Å². The molecule has 1 unspecified atom stereocenters. The van der Waals surface area contributed by atoms with Gasteiger partial charge in [-0.25, -0.2) is 0 Å². The summed E-state index contributed by atoms with van der Waals surface area (Å²) in [5, 5.41) is 0. The first-order valence-electron chi connectivity index (χ1n) is 7.46. The third-order valence-corrected chi connectivity index (χ3v) is 4.32. The van der Waals surface area contributed by atoms with Crippen LogP contribution in [0.1, 0.15) is 50.1 Å². The smallest absolute Gasteiger partial charge is 0.122 e. The molecule has 2 rings (SSSR count). The highest BCUT2D eigenvalue weighted by atomic mass is 16.5. The van der Waals surface area contributed by atoms with E-state index in [0.717, 1.165) is 29.4 Å². The molecule has 1 aromatic carbocycles. The lowest BCUT2D eigenvalue weighted by atomic mass is 9.95. The Hall–Kier alpha value is -1.26. The minimum atomic E-state index is 0.152. The van der Waals surface area contributed by atoms with E-state index in [9.17, 15) is 0 Å². The fraction of sp³-hybridized carbons (Fsp3) is 0.625. The van der Waals surface area contributed by atoms with Crippen molar-refractivity contribution in [2.45, 2.75) is 44.6 Å². The third kappa shape index (κ3) is 3.87. The normalized spacial score (nSPS) is 17.1. The first-order chi connectivity index (χ1) is 9.76. The summed E-state index contributed by atoms with van der Waals surface area (Å²) >= 11 is 0. The Kier molecular flexibility index (Phi) is 5.68. The van der Waals surface area contributed by atoms with Crippen LogP contribution in [-0.4, -0.2) is 14.2 Å². The number of hydrazine groups is 1. The Morgan fingerprint density at radius 1 is 1.15 bits per heavy atom. The van der Waals surface area contributed by atoms with Gasteiger partial charge >= 0.3 is 0 Å². The molecule has 1 aromatic rings. The van der Waals surface area contributed by atoms with Crippen molar-refractivity contribution in [3.8, 4) is 11.5 Å². The van der Waals surface area contributed by atoms with Crippen LogP contribution in [0, 0.1) is 5.92 Å². The van der Waals surface area contributed by atoms with Gasteiger partial charge in [0.05, 0.1) is 14.2 Å². The highest BCUT2D eigenvalue weighted by Crippen LogP contribution is 2.33. The van der Waals surface area contributed by atoms with E-state index in [1.165, 1.54) is 32.1 Å². The topological polar surface area (TPSA) is 56.5 Å². The zero-order chi connectivity index (χ0) is 14.4. The number of methoxy groups -OCH3 is 2. The van der Waals surface area contributed by atoms with Gasteiger partial charge in [0.2, 0.25) is 0 Å². The number of rotatable bonds is 7. The van der Waals surface area contributed by atoms with Crippen LogP contribution in [0.25, 0.3) is 0 Å². The van der Waals surface area contributed by atoms with Crippen molar-refractivity contribution >= 4 is 0 Å². The van der Waals surface area contributed by atoms with Crippen LogP contribution in [0.5, 0.6) is 11.5 Å². The van der Waals surface area contributed by atoms with Gasteiger partial charge in [-0.3, -0.25) is 11.3 Å². The summed E-state index contributed by atoms with van der Waals surface area (Å²) in [5.41, 5.74) is 4.06. The van der Waals surface area contributed by atoms with Gasteiger partial charge in [-0.15, -0.1) is 0 Å². The van der Waals surface area contributed by atoms with Crippen molar-refractivity contribution in [3.63, 3.8) is 0 Å². The number of nitrogens with two attached hydrogens (primary N) is 1. The Labute approximate surface area is 121 Å². The zero-order valence-corrected chi connectivity index (χ0v) is 12.5. The molecule has 1 saturated carbocycles. The van der Waals surface area contributed by atoms with E-state index in [2.05, 4.69) is 5.43 Å². The first kappa shape index (κ1) is 15.1. The van der Waals surface area contributed by atoms with E-state index < -0.39 is 0 Å². The highest BCUT2D eigenvalue weighted by Gasteiger charge is 2.18. The lowest BCUT2D eigenvalue weighted by Gasteiger charge is -2.20. The largest absolute Gasteiger partial charge is 0.497 e. The van der Waals surface area contributed by atoms with Gasteiger partial charge in [-0.1, -0.05) is 25.7 Å². The fourth-order valence-corrected chi connectivity index (χ4v) is 3.08. The molecule has 0 spiro atoms. The molecule has 0 bridgehead atoms. The molecule has 0 radical (unpaired) electrons. The second-order valence-corrected chi connectivity index (χ2v) is 5.59. The zero-order valence-electron chi connectivity index (χ0n) is 12.5. The molecule has 4 nitrogen and oxygen atoms in total. The molecular weight excluding hydrogens is 252 g/mol. The minimum absolute atomic E-state index is 0.152. The van der Waals surface area contributed by atoms with Gasteiger partial charge in [-0.05, 0) is 36.5 Å². The summed E-state index contributed by atoms with van der Waals surface area (Å²) in [6, 6.07) is 6.09. The molecule has 0 aliphatic heterocycles. The number of ether oxygens (including phenoxy) is 2. The van der Waals surface area contributed by atoms with Gasteiger partial charge < -0.3 is 9.47 Å². The van der Waals surface area contributed by atoms with E-state index in [0.29, 0.717) is 0 Å². The highest BCUT2D eigenvalue weighted by molar-refractivity contribution is 5.39. The molecular formula is C16H26N2O2. The first-order valence-corrected chi connectivity index (χ1v) is 7.46. The lowest BCUT2D eigenvalue weighted by Crippen LogP contribution is -2.28. The molecule has 112 valence electrons. The van der Waals surface area contributed by atoms with Gasteiger partial charge in [0.25, 0.3) is 0 Å². The molecule has 1 atom stereocenters. The summed E-state index contributed by atoms with van der Waals surface area (Å²) in [7, 11) is 3.34. The van der Waals surface area contributed by atoms with Crippen molar-refractivity contribution in [1.29, 1.82) is 0 Å². The predicted octanol–water partition coefficient (Wildman–Crippen LogP) is 3.18. The Morgan fingerprint density at radius 3 is 2.25 bits per heavy atom. The monoisotopic (exact) mass is 278 g/mol. The van der Waals surface area contributed by atoms with Crippen molar-refractivity contribution in [2.24, 2.45) is 11.8 Å². The standard InChI is InChI=1S/C16H26N2O2/c1-19-14-9-13(10-15(11-14)20-2)16(18-17)8-7-12-5-3-4-6-12/h9-12,16,18H,3-8,17H2,1-2H3. The van der Waals surface area contributed by atoms with Gasteiger partial charge in [0.1, 0.15) is 11.5 Å². The Bertz CT molecular complexity index is 395. The summed E-state index contributed by atoms with van der Waals surface area (Å²) in [6.45, 7) is 0. The third-order valence-electron chi connectivity index (χ3n) is 4.32. The van der Waals surface area contributed by atoms with Crippen LogP contribution in [-0.2, 0) is 0 Å². The Balaban J connectivity index is 2.05. The number of hydrogen-bond acceptors (Lipinski definition) is 4. The number of benzene rings is 1. The quantitative estimate of drug-likeness (QED) is 0.594. The number of hydrogen-bond donors (Lipinski definition) is 2. The van der Waals surface area contributed by atoms with E-state index in [1.807, 2.05) is 18.2 Å². The maximum atomic E-state index is 5.74. The molecule has 0 amide bonds. The SMILES string of the molecule is COc1cc(OC)cc(C(CCC2CCCC2)NN)c1. The molecule has 0 saturated heterocycles. The molecule has 4 heteroatoms. The van der Waals surface area contributed by atoms with E-state index in [4.69, 9.17) is 15.3 Å². The minimum Gasteiger partial charge on any atom is -0.497 e. The van der Waals surface area contributed by atoms with E-state index in [-0.39, 0.29) is 6.04 Å². The van der Waals surface area contributed by atoms with Crippen LogP contribution in [0.2, 0.25) is 0 Å². The van der Waals surface area contributed by atoms with Gasteiger partial charge in [-0.2, -0.15) is 0 Å². The lowest BCUT2D eigenvalue weighted by molar-refractivity contribution is 0.386. The van der Waals surface area contributed by atoms with Crippen molar-refractivity contribution in [1.82, 2.24) is 5.43 Å². The summed E-state index contributed by atoms with van der Waals surface area (Å²) in [4.78, 5) is 0. The van der Waals surface area contributed by atoms with E-state index >= 15 is 0 Å². The number of nitrogens with one attached hydrogen (secondary N) is 1. The summed E-state index contributed by atoms with van der Waals surface area (Å²) < 4.78 is 10.6. The molecule has 0 aromatic heterocycles. The molecule has 20 heavy (non-hydrogen) atoms. The summed E-state index contributed by atoms with van der Waals surface area (Å²) in [6.07, 6.45) is 7.81. The molecule has 1 fully saturated rings. The molecule has 3 N–H and O–H groups in total. The second-order valence-electron chi connectivity index (χ2n) is 5.59. The summed E-state index contributed by atoms with van der Waals surface area (Å²) in [5.74, 6) is 8.23. The molecule has 1 aliphatic carbocycles. The van der Waals surface area contributed by atoms with Crippen LogP contribution in [0.15, 0.2) is 18.2 Å². The maximum absolute atomic E-state index is 5.74. The maximum Gasteiger partial charge on any atom is 0.122 e. The van der Waals surface area contributed by atoms with Gasteiger partial charge in [0, 0.05) is 12.1 Å². The van der Waals surface area contributed by atoms with Crippen LogP contribution >= 0.6 is 0 Å². The van der Waals surface area contributed by atoms with Crippen LogP contribution < -0.4 is 20.7 Å². The van der Waals surface area contributed by atoms with Crippen LogP contribution in [0.3, 0.4) is 0 Å². The average Bonchev–Trinajstić information content (AvgIpc) is 3.00. The predicted molar refractivity (Wildman–Crippen MR) is 80.8 cm³/mol. The fourth-order valence-electron chi connectivity index (χ4n) is 3.08. The van der Waals surface area contributed by atoms with Crippen molar-refractivity contribution in [2.75, 3.05) is 14.2 Å². The average molecular weight is 278 g/mol. The Morgan fingerprint density at radius 2 is 1.75 bits per heavy atom. The molecule has 0 heterocycles. The molecule has 1 aliphatic rings. The van der Waals surface area contributed by atoms with Crippen LogP contribution in [0.4, 0.5) is 0 Å². The van der Waals surface area contributed by atoms with Crippen molar-refractivity contribution in [3.05, 3.63) is 23.8 Å². The van der Waals surface area contributed by atoms with Crippen molar-refractivity contribution < 1.29 is 9.47 Å².